The molecular formula is C12H14ClN5O4. The normalized spacial score (nSPS) is 10.5. The number of halogens is 1. The molecule has 1 aromatic heterocycles. The van der Waals surface area contributed by atoms with Crippen molar-refractivity contribution >= 4 is 23.1 Å². The molecule has 0 unspecified atom stereocenters. The first kappa shape index (κ1) is 17.2. The number of aromatic nitrogens is 2. The maximum Gasteiger partial charge on any atom is 0.376 e. The first-order valence-electron chi connectivity index (χ1n) is 5.84. The summed E-state index contributed by atoms with van der Waals surface area (Å²) >= 11 is 5.54. The number of hydrogen-bond acceptors (Lipinski definition) is 6. The lowest BCUT2D eigenvalue weighted by molar-refractivity contribution is -0.386. The van der Waals surface area contributed by atoms with E-state index in [1.165, 1.54) is 19.2 Å². The highest BCUT2D eigenvalue weighted by Gasteiger charge is 2.25. The van der Waals surface area contributed by atoms with Crippen LogP contribution < -0.4 is 22.1 Å². The maximum atomic E-state index is 11.8. The highest BCUT2D eigenvalue weighted by atomic mass is 35.5. The molecule has 0 spiro atoms. The van der Waals surface area contributed by atoms with Crippen molar-refractivity contribution in [1.82, 2.24) is 14.6 Å². The van der Waals surface area contributed by atoms with E-state index in [9.17, 15) is 19.7 Å². The average Bonchev–Trinajstić information content (AvgIpc) is 2.44. The van der Waals surface area contributed by atoms with Crippen molar-refractivity contribution in [3.8, 4) is 0 Å². The van der Waals surface area contributed by atoms with E-state index in [0.29, 0.717) is 4.57 Å². The van der Waals surface area contributed by atoms with E-state index in [2.05, 4.69) is 24.0 Å². The van der Waals surface area contributed by atoms with Crippen LogP contribution in [0.2, 0.25) is 0 Å². The van der Waals surface area contributed by atoms with Gasteiger partial charge in [0.2, 0.25) is 5.82 Å². The standard InChI is InChI=1S/C12H14ClN5O4/c1-7(13)5-6-8(2)14-15-10-9(18(21)22)11(19)17(4)12(20)16(10)3/h5-6,14-15H,1-2H2,3-4H3/b6-5-. The Morgan fingerprint density at radius 2 is 1.86 bits per heavy atom. The second-order valence-corrected chi connectivity index (χ2v) is 4.70. The Kier molecular flexibility index (Phi) is 5.30. The summed E-state index contributed by atoms with van der Waals surface area (Å²) in [5.74, 6) is -0.294. The van der Waals surface area contributed by atoms with Gasteiger partial charge in [-0.05, 0) is 12.2 Å². The van der Waals surface area contributed by atoms with Crippen LogP contribution in [0.15, 0.2) is 45.6 Å². The Bertz CT molecular complexity index is 790. The quantitative estimate of drug-likeness (QED) is 0.452. The molecule has 0 bridgehead atoms. The van der Waals surface area contributed by atoms with E-state index < -0.39 is 21.9 Å². The molecule has 2 N–H and O–H groups in total. The summed E-state index contributed by atoms with van der Waals surface area (Å²) < 4.78 is 1.58. The molecule has 0 amide bonds. The van der Waals surface area contributed by atoms with Gasteiger partial charge in [0.15, 0.2) is 0 Å². The molecular weight excluding hydrogens is 314 g/mol. The third kappa shape index (κ3) is 3.64. The number of hydrogen-bond donors (Lipinski definition) is 2. The van der Waals surface area contributed by atoms with Crippen molar-refractivity contribution < 1.29 is 4.92 Å². The number of hydrazine groups is 1. The van der Waals surface area contributed by atoms with E-state index in [4.69, 9.17) is 11.6 Å². The van der Waals surface area contributed by atoms with Crippen molar-refractivity contribution in [2.75, 3.05) is 5.43 Å². The fourth-order valence-electron chi connectivity index (χ4n) is 1.51. The van der Waals surface area contributed by atoms with Crippen LogP contribution >= 0.6 is 11.6 Å². The monoisotopic (exact) mass is 327 g/mol. The molecule has 22 heavy (non-hydrogen) atoms. The summed E-state index contributed by atoms with van der Waals surface area (Å²) in [6, 6.07) is 0. The predicted octanol–water partition coefficient (Wildman–Crippen LogP) is 0.731. The fourth-order valence-corrected chi connectivity index (χ4v) is 1.57. The van der Waals surface area contributed by atoms with Gasteiger partial charge in [0.25, 0.3) is 0 Å². The maximum absolute atomic E-state index is 11.8. The summed E-state index contributed by atoms with van der Waals surface area (Å²) in [7, 11) is 2.45. The van der Waals surface area contributed by atoms with Crippen molar-refractivity contribution in [2.24, 2.45) is 14.1 Å². The van der Waals surface area contributed by atoms with Crippen LogP contribution in [0.1, 0.15) is 0 Å². The van der Waals surface area contributed by atoms with Gasteiger partial charge in [-0.15, -0.1) is 0 Å². The molecule has 0 aliphatic heterocycles. The minimum absolute atomic E-state index is 0.259. The van der Waals surface area contributed by atoms with Gasteiger partial charge in [-0.3, -0.25) is 29.5 Å². The Hall–Kier alpha value is -2.81. The number of nitrogens with one attached hydrogen (secondary N) is 2. The van der Waals surface area contributed by atoms with Crippen LogP contribution in [-0.2, 0) is 14.1 Å². The van der Waals surface area contributed by atoms with Crippen molar-refractivity contribution in [3.63, 3.8) is 0 Å². The van der Waals surface area contributed by atoms with Gasteiger partial charge in [0.1, 0.15) is 0 Å². The SMILES string of the molecule is C=C(Cl)/C=C\C(=C)NNc1c([N+](=O)[O-])c(=O)n(C)c(=O)n1C. The van der Waals surface area contributed by atoms with Crippen LogP contribution in [-0.4, -0.2) is 14.1 Å². The predicted molar refractivity (Wildman–Crippen MR) is 83.6 cm³/mol. The van der Waals surface area contributed by atoms with Gasteiger partial charge < -0.3 is 5.43 Å². The minimum atomic E-state index is -1.02. The molecule has 9 nitrogen and oxygen atoms in total. The third-order valence-corrected chi connectivity index (χ3v) is 2.76. The van der Waals surface area contributed by atoms with Crippen molar-refractivity contribution in [3.05, 3.63) is 67.0 Å². The second-order valence-electron chi connectivity index (χ2n) is 4.22. The molecule has 0 atom stereocenters. The Morgan fingerprint density at radius 1 is 1.27 bits per heavy atom. The molecule has 1 heterocycles. The van der Waals surface area contributed by atoms with E-state index in [1.54, 1.807) is 0 Å². The molecule has 0 saturated carbocycles. The molecule has 0 aliphatic rings. The molecule has 0 aliphatic carbocycles. The van der Waals surface area contributed by atoms with Gasteiger partial charge >= 0.3 is 16.9 Å². The lowest BCUT2D eigenvalue weighted by Crippen LogP contribution is -2.40. The number of anilines is 1. The molecule has 0 aromatic carbocycles. The molecule has 0 fully saturated rings. The number of nitro groups is 1. The summed E-state index contributed by atoms with van der Waals surface area (Å²) in [5, 5.41) is 11.3. The van der Waals surface area contributed by atoms with Gasteiger partial charge in [0.05, 0.1) is 4.92 Å². The fraction of sp³-hybridized carbons (Fsp3) is 0.167. The van der Waals surface area contributed by atoms with Crippen LogP contribution in [0.5, 0.6) is 0 Å². The first-order chi connectivity index (χ1) is 10.2. The highest BCUT2D eigenvalue weighted by Crippen LogP contribution is 2.15. The molecule has 10 heteroatoms. The third-order valence-electron chi connectivity index (χ3n) is 2.63. The summed E-state index contributed by atoms with van der Waals surface area (Å²) in [6.45, 7) is 7.05. The Morgan fingerprint density at radius 3 is 2.36 bits per heavy atom. The van der Waals surface area contributed by atoms with Gasteiger partial charge in [-0.25, -0.2) is 4.79 Å². The van der Waals surface area contributed by atoms with Crippen LogP contribution in [0.3, 0.4) is 0 Å². The zero-order valence-electron chi connectivity index (χ0n) is 11.9. The summed E-state index contributed by atoms with van der Waals surface area (Å²) in [4.78, 5) is 33.8. The van der Waals surface area contributed by atoms with Crippen LogP contribution in [0.4, 0.5) is 11.5 Å². The van der Waals surface area contributed by atoms with Crippen LogP contribution in [0, 0.1) is 10.1 Å². The van der Waals surface area contributed by atoms with E-state index in [-0.39, 0.29) is 16.5 Å². The van der Waals surface area contributed by atoms with Gasteiger partial charge in [0, 0.05) is 24.8 Å². The Balaban J connectivity index is 3.23. The lowest BCUT2D eigenvalue weighted by Gasteiger charge is -2.13. The summed E-state index contributed by atoms with van der Waals surface area (Å²) in [5.41, 5.74) is 2.73. The van der Waals surface area contributed by atoms with Gasteiger partial charge in [-0.1, -0.05) is 24.8 Å². The summed E-state index contributed by atoms with van der Waals surface area (Å²) in [6.07, 6.45) is 2.89. The van der Waals surface area contributed by atoms with E-state index in [1.807, 2.05) is 0 Å². The van der Waals surface area contributed by atoms with Crippen molar-refractivity contribution in [2.45, 2.75) is 0 Å². The zero-order chi connectivity index (χ0) is 17.0. The largest absolute Gasteiger partial charge is 0.376 e. The zero-order valence-corrected chi connectivity index (χ0v) is 12.7. The van der Waals surface area contributed by atoms with E-state index >= 15 is 0 Å². The highest BCUT2D eigenvalue weighted by molar-refractivity contribution is 6.30. The lowest BCUT2D eigenvalue weighted by atomic mass is 10.4. The van der Waals surface area contributed by atoms with E-state index in [0.717, 1.165) is 11.6 Å². The molecule has 1 aromatic rings. The average molecular weight is 328 g/mol. The second kappa shape index (κ2) is 6.76. The van der Waals surface area contributed by atoms with Crippen LogP contribution in [0.25, 0.3) is 0 Å². The number of rotatable bonds is 6. The topological polar surface area (TPSA) is 111 Å². The first-order valence-corrected chi connectivity index (χ1v) is 6.22. The number of nitrogens with zero attached hydrogens (tertiary/aromatic N) is 3. The molecule has 0 saturated heterocycles. The molecule has 118 valence electrons. The molecule has 1 rings (SSSR count). The Labute approximate surface area is 129 Å². The smallest absolute Gasteiger partial charge is 0.300 e. The molecule has 0 radical (unpaired) electrons. The van der Waals surface area contributed by atoms with Gasteiger partial charge in [-0.2, -0.15) is 0 Å². The van der Waals surface area contributed by atoms with Crippen molar-refractivity contribution in [1.29, 1.82) is 0 Å². The minimum Gasteiger partial charge on any atom is -0.300 e. The number of allylic oxidation sites excluding steroid dienone is 3.